The van der Waals surface area contributed by atoms with Gasteiger partial charge in [-0.05, 0) is 48.9 Å². The monoisotopic (exact) mass is 567 g/mol. The first-order valence-corrected chi connectivity index (χ1v) is 11.8. The molecule has 0 aromatic heterocycles. The summed E-state index contributed by atoms with van der Waals surface area (Å²) in [5, 5.41) is 4.80. The second-order valence-corrected chi connectivity index (χ2v) is 9.49. The Morgan fingerprint density at radius 3 is 2.05 bits per heavy atom. The van der Waals surface area contributed by atoms with E-state index in [4.69, 9.17) is 11.6 Å². The Morgan fingerprint density at radius 2 is 1.54 bits per heavy atom. The topological polar surface area (TPSA) is 53.0 Å². The SMILES string of the molecule is CC(=O)N(C(=O)N1CC(C)(c2ccccc2)C(c2ccc(C(F)(F)F)c(Cl)c2)=N1)c1ccc(C(F)(F)F)cc1. The fourth-order valence-corrected chi connectivity index (χ4v) is 4.68. The van der Waals surface area contributed by atoms with Crippen molar-refractivity contribution >= 4 is 34.9 Å². The molecule has 3 aromatic carbocycles. The second kappa shape index (κ2) is 10.0. The summed E-state index contributed by atoms with van der Waals surface area (Å²) in [6.07, 6.45) is -9.29. The van der Waals surface area contributed by atoms with Gasteiger partial charge in [0.05, 0.1) is 39.5 Å². The lowest BCUT2D eigenvalue weighted by molar-refractivity contribution is -0.138. The number of imide groups is 1. The molecule has 0 radical (unpaired) electrons. The molecule has 5 nitrogen and oxygen atoms in total. The number of amides is 3. The number of urea groups is 1. The van der Waals surface area contributed by atoms with Crippen LogP contribution in [0.25, 0.3) is 0 Å². The first kappa shape index (κ1) is 28.2. The summed E-state index contributed by atoms with van der Waals surface area (Å²) in [7, 11) is 0. The molecule has 0 aliphatic carbocycles. The Bertz CT molecular complexity index is 1440. The molecule has 204 valence electrons. The molecule has 1 heterocycles. The molecule has 12 heteroatoms. The molecule has 4 rings (SSSR count). The van der Waals surface area contributed by atoms with Crippen LogP contribution < -0.4 is 4.90 Å². The van der Waals surface area contributed by atoms with Crippen LogP contribution in [0.5, 0.6) is 0 Å². The molecular formula is C27H20ClF6N3O2. The van der Waals surface area contributed by atoms with Gasteiger partial charge in [0, 0.05) is 12.5 Å². The average Bonchev–Trinajstić information content (AvgIpc) is 3.22. The van der Waals surface area contributed by atoms with Crippen molar-refractivity contribution in [2.24, 2.45) is 5.10 Å². The van der Waals surface area contributed by atoms with Crippen LogP contribution >= 0.6 is 11.6 Å². The van der Waals surface area contributed by atoms with Crippen LogP contribution in [0.1, 0.15) is 36.1 Å². The molecular weight excluding hydrogens is 548 g/mol. The van der Waals surface area contributed by atoms with Gasteiger partial charge in [-0.25, -0.2) is 14.7 Å². The highest BCUT2D eigenvalue weighted by Gasteiger charge is 2.45. The van der Waals surface area contributed by atoms with Gasteiger partial charge in [-0.15, -0.1) is 0 Å². The van der Waals surface area contributed by atoms with Gasteiger partial charge >= 0.3 is 18.4 Å². The van der Waals surface area contributed by atoms with E-state index in [9.17, 15) is 35.9 Å². The van der Waals surface area contributed by atoms with Crippen molar-refractivity contribution in [1.29, 1.82) is 0 Å². The van der Waals surface area contributed by atoms with Crippen LogP contribution in [0, 0.1) is 0 Å². The highest BCUT2D eigenvalue weighted by Crippen LogP contribution is 2.40. The summed E-state index contributed by atoms with van der Waals surface area (Å²) in [6.45, 7) is 2.69. The number of rotatable bonds is 3. The Morgan fingerprint density at radius 1 is 0.923 bits per heavy atom. The molecule has 0 saturated carbocycles. The van der Waals surface area contributed by atoms with E-state index in [0.717, 1.165) is 48.3 Å². The van der Waals surface area contributed by atoms with Gasteiger partial charge in [0.25, 0.3) is 0 Å². The van der Waals surface area contributed by atoms with E-state index in [1.807, 2.05) is 0 Å². The maximum absolute atomic E-state index is 13.5. The molecule has 1 unspecified atom stereocenters. The summed E-state index contributed by atoms with van der Waals surface area (Å²) < 4.78 is 78.9. The lowest BCUT2D eigenvalue weighted by atomic mass is 9.76. The van der Waals surface area contributed by atoms with Crippen molar-refractivity contribution in [2.45, 2.75) is 31.6 Å². The third kappa shape index (κ3) is 5.49. The average molecular weight is 568 g/mol. The Balaban J connectivity index is 1.78. The molecule has 0 fully saturated rings. The van der Waals surface area contributed by atoms with Crippen LogP contribution in [-0.2, 0) is 22.6 Å². The molecule has 0 spiro atoms. The van der Waals surface area contributed by atoms with E-state index in [1.165, 1.54) is 6.07 Å². The molecule has 0 bridgehead atoms. The van der Waals surface area contributed by atoms with Crippen LogP contribution in [-0.4, -0.2) is 29.2 Å². The van der Waals surface area contributed by atoms with E-state index in [1.54, 1.807) is 37.3 Å². The van der Waals surface area contributed by atoms with Gasteiger partial charge in [0.1, 0.15) is 0 Å². The zero-order valence-corrected chi connectivity index (χ0v) is 21.2. The molecule has 1 aliphatic heterocycles. The molecule has 39 heavy (non-hydrogen) atoms. The van der Waals surface area contributed by atoms with Gasteiger partial charge in [-0.3, -0.25) is 4.79 Å². The summed E-state index contributed by atoms with van der Waals surface area (Å²) in [5.41, 5.74) is -2.03. The smallest absolute Gasteiger partial charge is 0.274 e. The summed E-state index contributed by atoms with van der Waals surface area (Å²) >= 11 is 5.96. The maximum Gasteiger partial charge on any atom is 0.417 e. The number of benzene rings is 3. The zero-order valence-electron chi connectivity index (χ0n) is 20.4. The quantitative estimate of drug-likeness (QED) is 0.307. The number of halogens is 7. The van der Waals surface area contributed by atoms with E-state index in [0.29, 0.717) is 10.5 Å². The summed E-state index contributed by atoms with van der Waals surface area (Å²) in [4.78, 5) is 26.7. The Hall–Kier alpha value is -3.86. The summed E-state index contributed by atoms with van der Waals surface area (Å²) in [5.74, 6) is -0.776. The van der Waals surface area contributed by atoms with E-state index in [-0.39, 0.29) is 23.5 Å². The molecule has 0 saturated heterocycles. The van der Waals surface area contributed by atoms with E-state index >= 15 is 0 Å². The minimum absolute atomic E-state index is 0.108. The molecule has 1 atom stereocenters. The van der Waals surface area contributed by atoms with Gasteiger partial charge < -0.3 is 0 Å². The lowest BCUT2D eigenvalue weighted by Gasteiger charge is -2.29. The van der Waals surface area contributed by atoms with Gasteiger partial charge in [0.2, 0.25) is 5.91 Å². The van der Waals surface area contributed by atoms with Crippen LogP contribution in [0.15, 0.2) is 77.9 Å². The highest BCUT2D eigenvalue weighted by molar-refractivity contribution is 6.32. The summed E-state index contributed by atoms with van der Waals surface area (Å²) in [6, 6.07) is 14.4. The fraction of sp³-hybridized carbons (Fsp3) is 0.222. The molecule has 1 aliphatic rings. The maximum atomic E-state index is 13.5. The molecule has 3 amide bonds. The van der Waals surface area contributed by atoms with E-state index < -0.39 is 45.9 Å². The number of nitrogens with zero attached hydrogens (tertiary/aromatic N) is 3. The number of hydrogen-bond acceptors (Lipinski definition) is 3. The highest BCUT2D eigenvalue weighted by atomic mass is 35.5. The zero-order chi connectivity index (χ0) is 28.8. The number of hydrogen-bond donors (Lipinski definition) is 0. The first-order valence-electron chi connectivity index (χ1n) is 11.4. The fourth-order valence-electron chi connectivity index (χ4n) is 4.40. The van der Waals surface area contributed by atoms with Gasteiger partial charge in [0.15, 0.2) is 0 Å². The number of hydrazone groups is 1. The Kier molecular flexibility index (Phi) is 7.24. The van der Waals surface area contributed by atoms with Crippen molar-refractivity contribution in [3.63, 3.8) is 0 Å². The van der Waals surface area contributed by atoms with Crippen LogP contribution in [0.2, 0.25) is 5.02 Å². The third-order valence-corrected chi connectivity index (χ3v) is 6.66. The normalized spacial score (nSPS) is 17.7. The van der Waals surface area contributed by atoms with Crippen LogP contribution in [0.3, 0.4) is 0 Å². The van der Waals surface area contributed by atoms with Crippen LogP contribution in [0.4, 0.5) is 36.8 Å². The van der Waals surface area contributed by atoms with Crippen molar-refractivity contribution in [3.8, 4) is 0 Å². The predicted molar refractivity (Wildman–Crippen MR) is 133 cm³/mol. The molecule has 0 N–H and O–H groups in total. The third-order valence-electron chi connectivity index (χ3n) is 6.35. The van der Waals surface area contributed by atoms with Gasteiger partial charge in [-0.2, -0.15) is 31.4 Å². The van der Waals surface area contributed by atoms with Crippen molar-refractivity contribution in [1.82, 2.24) is 5.01 Å². The minimum Gasteiger partial charge on any atom is -0.274 e. The number of anilines is 1. The van der Waals surface area contributed by atoms with Crippen molar-refractivity contribution in [2.75, 3.05) is 11.4 Å². The second-order valence-electron chi connectivity index (χ2n) is 9.08. The molecule has 3 aromatic rings. The minimum atomic E-state index is -4.68. The number of carbonyl (C=O) groups is 2. The number of carbonyl (C=O) groups excluding carboxylic acids is 2. The van der Waals surface area contributed by atoms with Gasteiger partial charge in [-0.1, -0.05) is 48.0 Å². The Labute approximate surface area is 224 Å². The van der Waals surface area contributed by atoms with Crippen molar-refractivity contribution < 1.29 is 35.9 Å². The lowest BCUT2D eigenvalue weighted by Crippen LogP contribution is -2.45. The standard InChI is InChI=1S/C27H20ClF6N3O2/c1-16(38)37(20-11-9-19(10-12-20)26(29,30)31)24(39)36-15-25(2,18-6-4-3-5-7-18)23(35-36)17-8-13-21(22(28)14-17)27(32,33)34/h3-14H,15H2,1-2H3. The first-order chi connectivity index (χ1) is 18.1. The predicted octanol–water partition coefficient (Wildman–Crippen LogP) is 7.53. The van der Waals surface area contributed by atoms with Crippen molar-refractivity contribution in [3.05, 3.63) is 100 Å². The number of alkyl halides is 6. The van der Waals surface area contributed by atoms with E-state index in [2.05, 4.69) is 5.10 Å². The largest absolute Gasteiger partial charge is 0.417 e.